The first kappa shape index (κ1) is 22.4. The van der Waals surface area contributed by atoms with Crippen LogP contribution in [0.15, 0.2) is 30.5 Å². The van der Waals surface area contributed by atoms with Gasteiger partial charge in [0.1, 0.15) is 5.52 Å². The van der Waals surface area contributed by atoms with Crippen molar-refractivity contribution >= 4 is 51.9 Å². The zero-order valence-electron chi connectivity index (χ0n) is 17.5. The molecule has 1 atom stereocenters. The van der Waals surface area contributed by atoms with Gasteiger partial charge in [-0.3, -0.25) is 9.36 Å². The van der Waals surface area contributed by atoms with Crippen LogP contribution in [0.25, 0.3) is 11.2 Å². The molecule has 0 fully saturated rings. The summed E-state index contributed by atoms with van der Waals surface area (Å²) in [5.74, 6) is 0.399. The van der Waals surface area contributed by atoms with Gasteiger partial charge in [-0.25, -0.2) is 9.97 Å². The number of halogens is 2. The molecule has 0 aliphatic carbocycles. The molecule has 30 heavy (non-hydrogen) atoms. The maximum atomic E-state index is 12.6. The van der Waals surface area contributed by atoms with Gasteiger partial charge in [-0.2, -0.15) is 0 Å². The highest BCUT2D eigenvalue weighted by Gasteiger charge is 2.16. The lowest BCUT2D eigenvalue weighted by Crippen LogP contribution is -2.32. The van der Waals surface area contributed by atoms with E-state index in [1.54, 1.807) is 35.0 Å². The Labute approximate surface area is 187 Å². The first-order valence-electron chi connectivity index (χ1n) is 10.2. The maximum absolute atomic E-state index is 12.6. The highest BCUT2D eigenvalue weighted by molar-refractivity contribution is 6.39. The third-order valence-electron chi connectivity index (χ3n) is 5.04. The van der Waals surface area contributed by atoms with Crippen LogP contribution in [0.4, 0.5) is 11.6 Å². The van der Waals surface area contributed by atoms with Crippen molar-refractivity contribution in [3.63, 3.8) is 0 Å². The van der Waals surface area contributed by atoms with Gasteiger partial charge >= 0.3 is 0 Å². The fourth-order valence-corrected chi connectivity index (χ4v) is 3.79. The number of benzene rings is 1. The van der Waals surface area contributed by atoms with Crippen LogP contribution < -0.4 is 10.6 Å². The number of rotatable bonds is 9. The third-order valence-corrected chi connectivity index (χ3v) is 5.67. The molecule has 2 aromatic heterocycles. The number of carbonyl (C=O) groups is 1. The smallest absolute Gasteiger partial charge is 0.253 e. The van der Waals surface area contributed by atoms with Crippen LogP contribution in [0, 0.1) is 0 Å². The molecule has 0 aliphatic rings. The predicted octanol–water partition coefficient (Wildman–Crippen LogP) is 6.11. The average Bonchev–Trinajstić information content (AvgIpc) is 3.03. The van der Waals surface area contributed by atoms with E-state index in [0.29, 0.717) is 38.4 Å². The standard InChI is InChI=1S/C22H27Cl2N5O/c1-4-5-6-7-9-14(2)26-21(30)15-12-18-20(25-13-15)29(3)22(27-18)28-19-16(23)10-8-11-17(19)24/h8,10-14H,4-7,9H2,1-3H3,(H,26,30)(H,27,28)/t14-/m0/s1. The molecule has 0 bridgehead atoms. The van der Waals surface area contributed by atoms with Crippen molar-refractivity contribution in [1.82, 2.24) is 19.9 Å². The molecule has 0 saturated carbocycles. The number of hydrogen-bond acceptors (Lipinski definition) is 4. The largest absolute Gasteiger partial charge is 0.350 e. The summed E-state index contributed by atoms with van der Waals surface area (Å²) in [6, 6.07) is 7.15. The lowest BCUT2D eigenvalue weighted by Gasteiger charge is -2.13. The number of anilines is 2. The number of pyridine rings is 1. The number of aromatic nitrogens is 3. The summed E-state index contributed by atoms with van der Waals surface area (Å²) in [6.45, 7) is 4.22. The van der Waals surface area contributed by atoms with Gasteiger partial charge in [-0.05, 0) is 31.5 Å². The van der Waals surface area contributed by atoms with Crippen molar-refractivity contribution in [3.8, 4) is 0 Å². The summed E-state index contributed by atoms with van der Waals surface area (Å²) in [5.41, 5.74) is 2.34. The van der Waals surface area contributed by atoms with E-state index >= 15 is 0 Å². The number of carbonyl (C=O) groups excluding carboxylic acids is 1. The molecular formula is C22H27Cl2N5O. The molecule has 8 heteroatoms. The molecule has 3 rings (SSSR count). The lowest BCUT2D eigenvalue weighted by atomic mass is 10.1. The van der Waals surface area contributed by atoms with E-state index in [1.807, 2.05) is 14.0 Å². The minimum absolute atomic E-state index is 0.119. The van der Waals surface area contributed by atoms with Crippen molar-refractivity contribution in [1.29, 1.82) is 0 Å². The van der Waals surface area contributed by atoms with Crippen molar-refractivity contribution < 1.29 is 4.79 Å². The first-order valence-corrected chi connectivity index (χ1v) is 11.0. The van der Waals surface area contributed by atoms with Gasteiger partial charge in [-0.1, -0.05) is 61.9 Å². The second kappa shape index (κ2) is 10.1. The van der Waals surface area contributed by atoms with Crippen LogP contribution in [0.2, 0.25) is 10.0 Å². The molecule has 0 aliphatic heterocycles. The number of nitrogens with zero attached hydrogens (tertiary/aromatic N) is 3. The third kappa shape index (κ3) is 5.24. The Bertz CT molecular complexity index is 1010. The van der Waals surface area contributed by atoms with Gasteiger partial charge in [0.05, 0.1) is 21.3 Å². The maximum Gasteiger partial charge on any atom is 0.253 e. The van der Waals surface area contributed by atoms with Crippen LogP contribution in [-0.2, 0) is 7.05 Å². The number of para-hydroxylation sites is 1. The Hall–Kier alpha value is -2.31. The summed E-state index contributed by atoms with van der Waals surface area (Å²) in [4.78, 5) is 21.6. The second-order valence-corrected chi connectivity index (χ2v) is 8.32. The van der Waals surface area contributed by atoms with E-state index in [9.17, 15) is 4.79 Å². The normalized spacial score (nSPS) is 12.2. The van der Waals surface area contributed by atoms with Gasteiger partial charge < -0.3 is 10.6 Å². The molecule has 3 aromatic rings. The van der Waals surface area contributed by atoms with Crippen LogP contribution in [0.1, 0.15) is 56.3 Å². The number of nitrogens with one attached hydrogen (secondary N) is 2. The molecule has 1 amide bonds. The van der Waals surface area contributed by atoms with Gasteiger partial charge in [0, 0.05) is 19.3 Å². The molecule has 160 valence electrons. The number of unbranched alkanes of at least 4 members (excludes halogenated alkanes) is 3. The molecule has 6 nitrogen and oxygen atoms in total. The molecule has 0 radical (unpaired) electrons. The van der Waals surface area contributed by atoms with Crippen molar-refractivity contribution in [3.05, 3.63) is 46.1 Å². The van der Waals surface area contributed by atoms with E-state index < -0.39 is 0 Å². The first-order chi connectivity index (χ1) is 14.4. The summed E-state index contributed by atoms with van der Waals surface area (Å²) >= 11 is 12.5. The Morgan fingerprint density at radius 3 is 2.63 bits per heavy atom. The molecular weight excluding hydrogens is 421 g/mol. The van der Waals surface area contributed by atoms with Crippen LogP contribution >= 0.6 is 23.2 Å². The van der Waals surface area contributed by atoms with Crippen LogP contribution in [0.5, 0.6) is 0 Å². The fraction of sp³-hybridized carbons (Fsp3) is 0.409. The number of amides is 1. The number of aryl methyl sites for hydroxylation is 1. The fourth-order valence-electron chi connectivity index (χ4n) is 3.30. The Balaban J connectivity index is 1.74. The zero-order valence-corrected chi connectivity index (χ0v) is 19.0. The zero-order chi connectivity index (χ0) is 21.7. The van der Waals surface area contributed by atoms with E-state index in [-0.39, 0.29) is 11.9 Å². The second-order valence-electron chi connectivity index (χ2n) is 7.51. The summed E-state index contributed by atoms with van der Waals surface area (Å²) in [5, 5.41) is 7.20. The van der Waals surface area contributed by atoms with Gasteiger partial charge in [-0.15, -0.1) is 0 Å². The SMILES string of the molecule is CCCCCC[C@H](C)NC(=O)c1cnc2c(c1)nc(Nc1c(Cl)cccc1Cl)n2C. The Morgan fingerprint density at radius 1 is 1.20 bits per heavy atom. The Morgan fingerprint density at radius 2 is 1.93 bits per heavy atom. The van der Waals surface area contributed by atoms with E-state index in [0.717, 1.165) is 12.8 Å². The van der Waals surface area contributed by atoms with E-state index in [1.165, 1.54) is 19.3 Å². The van der Waals surface area contributed by atoms with Crippen molar-refractivity contribution in [2.24, 2.45) is 7.05 Å². The predicted molar refractivity (Wildman–Crippen MR) is 124 cm³/mol. The lowest BCUT2D eigenvalue weighted by molar-refractivity contribution is 0.0937. The molecule has 2 heterocycles. The molecule has 0 saturated heterocycles. The monoisotopic (exact) mass is 447 g/mol. The van der Waals surface area contributed by atoms with Crippen LogP contribution in [0.3, 0.4) is 0 Å². The highest BCUT2D eigenvalue weighted by Crippen LogP contribution is 2.32. The molecule has 0 spiro atoms. The van der Waals surface area contributed by atoms with E-state index in [4.69, 9.17) is 23.2 Å². The summed E-state index contributed by atoms with van der Waals surface area (Å²) in [7, 11) is 1.84. The summed E-state index contributed by atoms with van der Waals surface area (Å²) < 4.78 is 1.80. The van der Waals surface area contributed by atoms with E-state index in [2.05, 4.69) is 27.5 Å². The summed E-state index contributed by atoms with van der Waals surface area (Å²) in [6.07, 6.45) is 7.30. The number of fused-ring (bicyclic) bond motifs is 1. The van der Waals surface area contributed by atoms with Gasteiger partial charge in [0.15, 0.2) is 5.65 Å². The average molecular weight is 448 g/mol. The highest BCUT2D eigenvalue weighted by atomic mass is 35.5. The molecule has 1 aromatic carbocycles. The van der Waals surface area contributed by atoms with Gasteiger partial charge in [0.2, 0.25) is 5.95 Å². The number of hydrogen-bond donors (Lipinski definition) is 2. The van der Waals surface area contributed by atoms with Gasteiger partial charge in [0.25, 0.3) is 5.91 Å². The molecule has 0 unspecified atom stereocenters. The van der Waals surface area contributed by atoms with Crippen molar-refractivity contribution in [2.75, 3.05) is 5.32 Å². The minimum atomic E-state index is -0.137. The Kier molecular flexibility index (Phi) is 7.56. The van der Waals surface area contributed by atoms with Crippen LogP contribution in [-0.4, -0.2) is 26.5 Å². The number of imidazole rings is 1. The quantitative estimate of drug-likeness (QED) is 0.388. The topological polar surface area (TPSA) is 71.8 Å². The van der Waals surface area contributed by atoms with Crippen molar-refractivity contribution in [2.45, 2.75) is 52.0 Å². The minimum Gasteiger partial charge on any atom is -0.350 e. The molecule has 2 N–H and O–H groups in total.